The van der Waals surface area contributed by atoms with Crippen molar-refractivity contribution in [2.45, 2.75) is 52.6 Å². The Morgan fingerprint density at radius 1 is 1.25 bits per heavy atom. The van der Waals surface area contributed by atoms with Gasteiger partial charge in [0.05, 0.1) is 7.11 Å². The van der Waals surface area contributed by atoms with Gasteiger partial charge in [-0.1, -0.05) is 45.9 Å². The van der Waals surface area contributed by atoms with Gasteiger partial charge in [-0.15, -0.1) is 0 Å². The van der Waals surface area contributed by atoms with E-state index in [4.69, 9.17) is 4.74 Å². The maximum Gasteiger partial charge on any atom is 0.123 e. The zero-order chi connectivity index (χ0) is 15.2. The van der Waals surface area contributed by atoms with Crippen molar-refractivity contribution in [2.24, 2.45) is 5.41 Å². The van der Waals surface area contributed by atoms with Crippen LogP contribution >= 0.6 is 0 Å². The summed E-state index contributed by atoms with van der Waals surface area (Å²) >= 11 is 0. The van der Waals surface area contributed by atoms with Crippen LogP contribution in [-0.2, 0) is 0 Å². The maximum atomic E-state index is 9.29. The second-order valence-corrected chi connectivity index (χ2v) is 6.30. The fourth-order valence-corrected chi connectivity index (χ4v) is 2.52. The monoisotopic (exact) mass is 279 g/mol. The quantitative estimate of drug-likeness (QED) is 0.802. The minimum absolute atomic E-state index is 0.109. The molecule has 0 saturated heterocycles. The Bertz CT molecular complexity index is 398. The summed E-state index contributed by atoms with van der Waals surface area (Å²) in [7, 11) is 1.71. The van der Waals surface area contributed by atoms with Crippen molar-refractivity contribution < 1.29 is 9.84 Å². The van der Waals surface area contributed by atoms with E-state index in [9.17, 15) is 5.11 Å². The topological polar surface area (TPSA) is 41.5 Å². The molecule has 20 heavy (non-hydrogen) atoms. The summed E-state index contributed by atoms with van der Waals surface area (Å²) in [6, 6.07) is 8.64. The zero-order valence-electron chi connectivity index (χ0n) is 13.4. The molecule has 0 amide bonds. The van der Waals surface area contributed by atoms with E-state index >= 15 is 0 Å². The van der Waals surface area contributed by atoms with Crippen LogP contribution in [0.5, 0.6) is 5.75 Å². The third-order valence-corrected chi connectivity index (χ3v) is 3.79. The van der Waals surface area contributed by atoms with Crippen LogP contribution in [0.15, 0.2) is 24.3 Å². The third kappa shape index (κ3) is 4.50. The first-order valence-corrected chi connectivity index (χ1v) is 7.43. The first-order chi connectivity index (χ1) is 9.43. The molecule has 114 valence electrons. The minimum atomic E-state index is 0.109. The molecule has 0 aliphatic heterocycles. The summed E-state index contributed by atoms with van der Waals surface area (Å²) < 4.78 is 5.47. The fraction of sp³-hybridized carbons (Fsp3) is 0.647. The predicted octanol–water partition coefficient (Wildman–Crippen LogP) is 3.53. The van der Waals surface area contributed by atoms with Crippen molar-refractivity contribution in [1.82, 2.24) is 5.32 Å². The second-order valence-electron chi connectivity index (χ2n) is 6.30. The summed E-state index contributed by atoms with van der Waals surface area (Å²) in [5.74, 6) is 0.920. The number of para-hydroxylation sites is 1. The summed E-state index contributed by atoms with van der Waals surface area (Å²) in [5.41, 5.74) is 1.29. The van der Waals surface area contributed by atoms with Crippen molar-refractivity contribution in [1.29, 1.82) is 0 Å². The highest BCUT2D eigenvalue weighted by molar-refractivity contribution is 5.35. The van der Waals surface area contributed by atoms with E-state index in [2.05, 4.69) is 39.1 Å². The minimum Gasteiger partial charge on any atom is -0.496 e. The van der Waals surface area contributed by atoms with Crippen LogP contribution in [0.3, 0.4) is 0 Å². The molecule has 0 aliphatic rings. The van der Waals surface area contributed by atoms with Gasteiger partial charge in [0.1, 0.15) is 5.75 Å². The van der Waals surface area contributed by atoms with Gasteiger partial charge in [-0.3, -0.25) is 0 Å². The van der Waals surface area contributed by atoms with Crippen molar-refractivity contribution in [3.05, 3.63) is 29.8 Å². The molecule has 1 aromatic carbocycles. The van der Waals surface area contributed by atoms with Crippen molar-refractivity contribution >= 4 is 0 Å². The number of hydrogen-bond acceptors (Lipinski definition) is 3. The number of nitrogens with one attached hydrogen (secondary N) is 1. The molecule has 0 radical (unpaired) electrons. The number of aliphatic hydroxyl groups is 1. The highest BCUT2D eigenvalue weighted by Crippen LogP contribution is 2.30. The Morgan fingerprint density at radius 3 is 2.40 bits per heavy atom. The molecule has 1 aromatic rings. The summed E-state index contributed by atoms with van der Waals surface area (Å²) in [6.07, 6.45) is 1.74. The predicted molar refractivity (Wildman–Crippen MR) is 84.1 cm³/mol. The number of ether oxygens (including phenoxy) is 1. The molecule has 2 atom stereocenters. The van der Waals surface area contributed by atoms with Crippen molar-refractivity contribution in [3.63, 3.8) is 0 Å². The molecule has 1 rings (SSSR count). The van der Waals surface area contributed by atoms with Gasteiger partial charge in [0.2, 0.25) is 0 Å². The molecule has 0 aromatic heterocycles. The van der Waals surface area contributed by atoms with Gasteiger partial charge in [0.25, 0.3) is 0 Å². The molecule has 0 bridgehead atoms. The van der Waals surface area contributed by atoms with E-state index in [1.165, 1.54) is 5.56 Å². The van der Waals surface area contributed by atoms with E-state index in [1.54, 1.807) is 7.11 Å². The summed E-state index contributed by atoms with van der Waals surface area (Å²) in [6.45, 7) is 8.99. The molecule has 0 fully saturated rings. The summed E-state index contributed by atoms with van der Waals surface area (Å²) in [4.78, 5) is 0. The Hall–Kier alpha value is -1.06. The van der Waals surface area contributed by atoms with Crippen LogP contribution in [0.25, 0.3) is 0 Å². The maximum absolute atomic E-state index is 9.29. The number of aliphatic hydroxyl groups excluding tert-OH is 1. The molecular weight excluding hydrogens is 250 g/mol. The standard InChI is InChI=1S/C17H29NO2/c1-6-14(13-9-7-8-10-15(13)20-5)18-16(11-12-19)17(2,3)4/h7-10,14,16,18-19H,6,11-12H2,1-5H3. The Kier molecular flexibility index (Phi) is 6.50. The van der Waals surface area contributed by atoms with Crippen LogP contribution in [0.2, 0.25) is 0 Å². The average molecular weight is 279 g/mol. The molecule has 2 unspecified atom stereocenters. The van der Waals surface area contributed by atoms with Gasteiger partial charge in [0, 0.05) is 24.3 Å². The molecular formula is C17H29NO2. The van der Waals surface area contributed by atoms with Crippen LogP contribution in [0.4, 0.5) is 0 Å². The van der Waals surface area contributed by atoms with Crippen molar-refractivity contribution in [3.8, 4) is 5.75 Å². The highest BCUT2D eigenvalue weighted by atomic mass is 16.5. The van der Waals surface area contributed by atoms with Gasteiger partial charge in [0.15, 0.2) is 0 Å². The largest absolute Gasteiger partial charge is 0.496 e. The average Bonchev–Trinajstić information content (AvgIpc) is 2.42. The van der Waals surface area contributed by atoms with E-state index in [-0.39, 0.29) is 24.1 Å². The second kappa shape index (κ2) is 7.65. The Balaban J connectivity index is 2.95. The highest BCUT2D eigenvalue weighted by Gasteiger charge is 2.27. The van der Waals surface area contributed by atoms with E-state index in [0.29, 0.717) is 0 Å². The van der Waals surface area contributed by atoms with Crippen LogP contribution in [0.1, 0.15) is 52.1 Å². The SMILES string of the molecule is CCC(NC(CCO)C(C)(C)C)c1ccccc1OC. The van der Waals surface area contributed by atoms with Gasteiger partial charge in [-0.05, 0) is 24.3 Å². The van der Waals surface area contributed by atoms with Gasteiger partial charge < -0.3 is 15.2 Å². The van der Waals surface area contributed by atoms with Gasteiger partial charge >= 0.3 is 0 Å². The lowest BCUT2D eigenvalue weighted by Gasteiger charge is -2.35. The molecule has 3 heteroatoms. The number of hydrogen-bond donors (Lipinski definition) is 2. The van der Waals surface area contributed by atoms with E-state index < -0.39 is 0 Å². The van der Waals surface area contributed by atoms with E-state index in [0.717, 1.165) is 18.6 Å². The fourth-order valence-electron chi connectivity index (χ4n) is 2.52. The molecule has 0 heterocycles. The summed E-state index contributed by atoms with van der Waals surface area (Å²) in [5, 5.41) is 13.0. The molecule has 0 aliphatic carbocycles. The van der Waals surface area contributed by atoms with Gasteiger partial charge in [-0.25, -0.2) is 0 Å². The lowest BCUT2D eigenvalue weighted by Crippen LogP contribution is -2.42. The smallest absolute Gasteiger partial charge is 0.123 e. The molecule has 3 nitrogen and oxygen atoms in total. The number of methoxy groups -OCH3 is 1. The Labute approximate surface area is 123 Å². The molecule has 0 spiro atoms. The first kappa shape index (κ1) is 17.0. The lowest BCUT2D eigenvalue weighted by atomic mass is 9.84. The zero-order valence-corrected chi connectivity index (χ0v) is 13.4. The normalized spacial score (nSPS) is 14.9. The molecule has 0 saturated carbocycles. The lowest BCUT2D eigenvalue weighted by molar-refractivity contribution is 0.183. The van der Waals surface area contributed by atoms with Crippen molar-refractivity contribution in [2.75, 3.05) is 13.7 Å². The number of benzene rings is 1. The van der Waals surface area contributed by atoms with Gasteiger partial charge in [-0.2, -0.15) is 0 Å². The van der Waals surface area contributed by atoms with Crippen LogP contribution in [0, 0.1) is 5.41 Å². The third-order valence-electron chi connectivity index (χ3n) is 3.79. The molecule has 2 N–H and O–H groups in total. The van der Waals surface area contributed by atoms with Crippen LogP contribution < -0.4 is 10.1 Å². The first-order valence-electron chi connectivity index (χ1n) is 7.43. The number of rotatable bonds is 7. The van der Waals surface area contributed by atoms with E-state index in [1.807, 2.05) is 18.2 Å². The van der Waals surface area contributed by atoms with Crippen LogP contribution in [-0.4, -0.2) is 24.9 Å². The Morgan fingerprint density at radius 2 is 1.90 bits per heavy atom.